The molecule has 23 heavy (non-hydrogen) atoms. The minimum atomic E-state index is -3.88. The van der Waals surface area contributed by atoms with E-state index in [0.29, 0.717) is 0 Å². The van der Waals surface area contributed by atoms with Crippen LogP contribution in [0.5, 0.6) is 0 Å². The Hall–Kier alpha value is -2.74. The van der Waals surface area contributed by atoms with Crippen LogP contribution in [0.15, 0.2) is 53.4 Å². The van der Waals surface area contributed by atoms with Gasteiger partial charge in [0.2, 0.25) is 16.2 Å². The fourth-order valence-electron chi connectivity index (χ4n) is 2.06. The second-order valence-electron chi connectivity index (χ2n) is 4.87. The van der Waals surface area contributed by atoms with Crippen molar-refractivity contribution < 1.29 is 18.1 Å². The Morgan fingerprint density at radius 1 is 1.09 bits per heavy atom. The zero-order valence-corrected chi connectivity index (χ0v) is 13.0. The van der Waals surface area contributed by atoms with E-state index in [0.717, 1.165) is 5.56 Å². The normalized spacial score (nSPS) is 12.4. The van der Waals surface area contributed by atoms with Gasteiger partial charge in [-0.05, 0) is 36.8 Å². The van der Waals surface area contributed by atoms with Gasteiger partial charge in [0.05, 0.1) is 9.82 Å². The summed E-state index contributed by atoms with van der Waals surface area (Å²) >= 11 is 0. The van der Waals surface area contributed by atoms with Crippen molar-refractivity contribution >= 4 is 21.9 Å². The maximum atomic E-state index is 12.7. The first-order chi connectivity index (χ1) is 10.9. The predicted octanol–water partition coefficient (Wildman–Crippen LogP) is 2.12. The predicted molar refractivity (Wildman–Crippen MR) is 83.4 cm³/mol. The lowest BCUT2D eigenvalue weighted by atomic mass is 10.2. The summed E-state index contributed by atoms with van der Waals surface area (Å²) < 4.78 is 25.4. The minimum absolute atomic E-state index is 0.0563. The van der Waals surface area contributed by atoms with Crippen LogP contribution < -0.4 is 5.32 Å². The number of rotatable bonds is 6. The maximum Gasteiger partial charge on any atom is 0.269 e. The molecule has 0 aliphatic heterocycles. The van der Waals surface area contributed by atoms with Crippen LogP contribution in [0.2, 0.25) is 0 Å². The summed E-state index contributed by atoms with van der Waals surface area (Å²) in [6, 6.07) is 11.2. The largest absolute Gasteiger partial charge is 0.338 e. The standard InChI is InChI=1S/C15H14N2O5S/c1-11-2-8-14(9-3-11)23(21,22)15(16-10-18)12-4-6-13(7-5-12)17(19)20/h2-10,15H,1H3,(H,16,18). The highest BCUT2D eigenvalue weighted by Crippen LogP contribution is 2.27. The zero-order valence-electron chi connectivity index (χ0n) is 12.2. The maximum absolute atomic E-state index is 12.7. The second kappa shape index (κ2) is 6.57. The van der Waals surface area contributed by atoms with Crippen molar-refractivity contribution in [2.75, 3.05) is 0 Å². The molecule has 7 nitrogen and oxygen atoms in total. The molecule has 0 saturated carbocycles. The molecule has 0 spiro atoms. The molecule has 0 saturated heterocycles. The second-order valence-corrected chi connectivity index (χ2v) is 6.90. The van der Waals surface area contributed by atoms with E-state index in [4.69, 9.17) is 0 Å². The van der Waals surface area contributed by atoms with E-state index in [2.05, 4.69) is 5.32 Å². The molecule has 0 heterocycles. The third kappa shape index (κ3) is 3.54. The Morgan fingerprint density at radius 3 is 2.13 bits per heavy atom. The van der Waals surface area contributed by atoms with Crippen LogP contribution in [0, 0.1) is 17.0 Å². The monoisotopic (exact) mass is 334 g/mol. The third-order valence-corrected chi connectivity index (χ3v) is 5.24. The van der Waals surface area contributed by atoms with Gasteiger partial charge in [-0.2, -0.15) is 0 Å². The molecule has 1 amide bonds. The van der Waals surface area contributed by atoms with Crippen molar-refractivity contribution in [2.24, 2.45) is 0 Å². The van der Waals surface area contributed by atoms with Gasteiger partial charge in [0.15, 0.2) is 5.37 Å². The highest BCUT2D eigenvalue weighted by Gasteiger charge is 2.29. The Kier molecular flexibility index (Phi) is 4.75. The molecular formula is C15H14N2O5S. The molecule has 0 radical (unpaired) electrons. The quantitative estimate of drug-likeness (QED) is 0.495. The molecule has 2 aromatic carbocycles. The van der Waals surface area contributed by atoms with E-state index in [-0.39, 0.29) is 22.6 Å². The van der Waals surface area contributed by atoms with Gasteiger partial charge in [0.1, 0.15) is 0 Å². The molecule has 8 heteroatoms. The van der Waals surface area contributed by atoms with E-state index >= 15 is 0 Å². The molecular weight excluding hydrogens is 320 g/mol. The van der Waals surface area contributed by atoms with Gasteiger partial charge in [0, 0.05) is 12.1 Å². The lowest BCUT2D eigenvalue weighted by molar-refractivity contribution is -0.384. The fraction of sp³-hybridized carbons (Fsp3) is 0.133. The van der Waals surface area contributed by atoms with Crippen molar-refractivity contribution in [1.29, 1.82) is 0 Å². The summed E-state index contributed by atoms with van der Waals surface area (Å²) in [5.74, 6) is 0. The SMILES string of the molecule is Cc1ccc(S(=O)(=O)C(NC=O)c2ccc([N+](=O)[O-])cc2)cc1. The smallest absolute Gasteiger partial charge is 0.269 e. The highest BCUT2D eigenvalue weighted by molar-refractivity contribution is 7.91. The minimum Gasteiger partial charge on any atom is -0.338 e. The van der Waals surface area contributed by atoms with Crippen LogP contribution in [-0.2, 0) is 14.6 Å². The number of benzene rings is 2. The number of carbonyl (C=O) groups excluding carboxylic acids is 1. The first-order valence-corrected chi connectivity index (χ1v) is 8.15. The van der Waals surface area contributed by atoms with Gasteiger partial charge in [-0.15, -0.1) is 0 Å². The zero-order chi connectivity index (χ0) is 17.0. The van der Waals surface area contributed by atoms with E-state index in [9.17, 15) is 23.3 Å². The Morgan fingerprint density at radius 2 is 1.65 bits per heavy atom. The third-order valence-electron chi connectivity index (χ3n) is 3.29. The van der Waals surface area contributed by atoms with E-state index in [1.54, 1.807) is 12.1 Å². The van der Waals surface area contributed by atoms with Crippen molar-refractivity contribution in [3.63, 3.8) is 0 Å². The average Bonchev–Trinajstić information content (AvgIpc) is 2.53. The lowest BCUT2D eigenvalue weighted by Gasteiger charge is -2.17. The van der Waals surface area contributed by atoms with E-state index < -0.39 is 20.1 Å². The highest BCUT2D eigenvalue weighted by atomic mass is 32.2. The molecule has 1 atom stereocenters. The number of nitrogens with one attached hydrogen (secondary N) is 1. The van der Waals surface area contributed by atoms with Crippen molar-refractivity contribution in [3.05, 3.63) is 69.8 Å². The number of hydrogen-bond acceptors (Lipinski definition) is 5. The molecule has 0 bridgehead atoms. The summed E-state index contributed by atoms with van der Waals surface area (Å²) in [5.41, 5.74) is 0.980. The van der Waals surface area contributed by atoms with Crippen LogP contribution >= 0.6 is 0 Å². The van der Waals surface area contributed by atoms with Gasteiger partial charge in [-0.25, -0.2) is 8.42 Å². The molecule has 120 valence electrons. The van der Waals surface area contributed by atoms with E-state index in [1.165, 1.54) is 36.4 Å². The average molecular weight is 334 g/mol. The first kappa shape index (κ1) is 16.6. The van der Waals surface area contributed by atoms with Crippen LogP contribution in [0.4, 0.5) is 5.69 Å². The molecule has 0 fully saturated rings. The Balaban J connectivity index is 2.46. The number of nitro groups is 1. The fourth-order valence-corrected chi connectivity index (χ4v) is 3.60. The van der Waals surface area contributed by atoms with Crippen LogP contribution in [-0.4, -0.2) is 19.8 Å². The first-order valence-electron chi connectivity index (χ1n) is 6.61. The topological polar surface area (TPSA) is 106 Å². The van der Waals surface area contributed by atoms with Crippen LogP contribution in [0.1, 0.15) is 16.5 Å². The van der Waals surface area contributed by atoms with Gasteiger partial charge in [-0.1, -0.05) is 17.7 Å². The number of hydrogen-bond donors (Lipinski definition) is 1. The van der Waals surface area contributed by atoms with Crippen LogP contribution in [0.3, 0.4) is 0 Å². The van der Waals surface area contributed by atoms with Gasteiger partial charge >= 0.3 is 0 Å². The van der Waals surface area contributed by atoms with Gasteiger partial charge < -0.3 is 5.32 Å². The number of carbonyl (C=O) groups is 1. The summed E-state index contributed by atoms with van der Waals surface area (Å²) in [7, 11) is -3.88. The summed E-state index contributed by atoms with van der Waals surface area (Å²) in [5, 5.41) is 11.6. The number of non-ortho nitro benzene ring substituents is 1. The number of aryl methyl sites for hydroxylation is 1. The molecule has 1 unspecified atom stereocenters. The summed E-state index contributed by atoms with van der Waals surface area (Å²) in [6.07, 6.45) is 0.290. The lowest BCUT2D eigenvalue weighted by Crippen LogP contribution is -2.27. The Bertz CT molecular complexity index is 814. The van der Waals surface area contributed by atoms with Gasteiger partial charge in [0.25, 0.3) is 5.69 Å². The van der Waals surface area contributed by atoms with Crippen molar-refractivity contribution in [1.82, 2.24) is 5.32 Å². The number of nitrogens with zero attached hydrogens (tertiary/aromatic N) is 1. The van der Waals surface area contributed by atoms with Crippen molar-refractivity contribution in [2.45, 2.75) is 17.2 Å². The van der Waals surface area contributed by atoms with Crippen molar-refractivity contribution in [3.8, 4) is 0 Å². The number of amides is 1. The molecule has 1 N–H and O–H groups in total. The Labute approximate surface area is 133 Å². The molecule has 2 rings (SSSR count). The number of nitro benzene ring substituents is 1. The molecule has 0 aliphatic carbocycles. The summed E-state index contributed by atoms with van der Waals surface area (Å²) in [6.45, 7) is 1.83. The molecule has 2 aromatic rings. The van der Waals surface area contributed by atoms with Gasteiger partial charge in [-0.3, -0.25) is 14.9 Å². The molecule has 0 aliphatic rings. The number of sulfone groups is 1. The summed E-state index contributed by atoms with van der Waals surface area (Å²) in [4.78, 5) is 21.0. The molecule has 0 aromatic heterocycles. The van der Waals surface area contributed by atoms with E-state index in [1.807, 2.05) is 6.92 Å². The van der Waals surface area contributed by atoms with Crippen LogP contribution in [0.25, 0.3) is 0 Å².